The van der Waals surface area contributed by atoms with Crippen molar-refractivity contribution in [1.29, 1.82) is 0 Å². The second-order valence-electron chi connectivity index (χ2n) is 6.74. The molecule has 13 nitrogen and oxygen atoms in total. The van der Waals surface area contributed by atoms with Crippen LogP contribution in [-0.4, -0.2) is 97.5 Å². The monoisotopic (exact) mass is 435 g/mol. The number of piperidine rings is 1. The van der Waals surface area contributed by atoms with Crippen molar-refractivity contribution in [2.24, 2.45) is 0 Å². The summed E-state index contributed by atoms with van der Waals surface area (Å²) in [4.78, 5) is 18.3. The Labute approximate surface area is 187 Å². The third-order valence-corrected chi connectivity index (χ3v) is 5.36. The number of rotatable bonds is 4. The summed E-state index contributed by atoms with van der Waals surface area (Å²) >= 11 is 0. The first-order chi connectivity index (χ1) is 13.4. The fraction of sp³-hybridized carbons (Fsp3) is 0.571. The standard InChI is InChI=1S/C14H16N6O7S.Na/c21-14-19-5-8(20(14)27-28(22,23)24)1-2-10(19)13-17-16-12(26-13)9-6-18-3-4-25-7-11(18)15-9;/h6,8,10H,1-5,7H2,(H,22,23,24);/t8-,10+;/m1./s1. The summed E-state index contributed by atoms with van der Waals surface area (Å²) in [7, 11) is -4.79. The van der Waals surface area contributed by atoms with Crippen molar-refractivity contribution < 1.29 is 31.2 Å². The molecule has 0 saturated carbocycles. The summed E-state index contributed by atoms with van der Waals surface area (Å²) in [5.74, 6) is 1.24. The minimum atomic E-state index is -4.79. The molecule has 0 spiro atoms. The van der Waals surface area contributed by atoms with Crippen LogP contribution in [0.1, 0.15) is 30.6 Å². The van der Waals surface area contributed by atoms with Gasteiger partial charge in [0.2, 0.25) is 5.89 Å². The SMILES string of the molecule is O=C1N2C[C@@H](CC[C@H]2c2nnc(-c3cn4c(n3)COCC4)o2)N1OS(=O)(=O)O.[Na]. The van der Waals surface area contributed by atoms with Gasteiger partial charge in [-0.15, -0.1) is 14.5 Å². The van der Waals surface area contributed by atoms with E-state index in [1.165, 1.54) is 4.90 Å². The number of ether oxygens (including phenoxy) is 1. The molecule has 2 atom stereocenters. The van der Waals surface area contributed by atoms with E-state index in [2.05, 4.69) is 19.5 Å². The molecule has 2 aromatic heterocycles. The van der Waals surface area contributed by atoms with Gasteiger partial charge in [-0.1, -0.05) is 0 Å². The summed E-state index contributed by atoms with van der Waals surface area (Å²) in [5.41, 5.74) is 0.525. The summed E-state index contributed by atoms with van der Waals surface area (Å²) in [6, 6.07) is -1.67. The molecular formula is C14H16N6NaO7S. The Bertz CT molecular complexity index is 1020. The molecule has 3 aliphatic rings. The summed E-state index contributed by atoms with van der Waals surface area (Å²) in [6.45, 7) is 1.95. The van der Waals surface area contributed by atoms with Crippen LogP contribution in [0, 0.1) is 0 Å². The molecule has 0 aromatic carbocycles. The number of aromatic nitrogens is 4. The Balaban J connectivity index is 0.00000205. The molecule has 1 N–H and O–H groups in total. The van der Waals surface area contributed by atoms with E-state index < -0.39 is 28.5 Å². The topological polar surface area (TPSA) is 153 Å². The summed E-state index contributed by atoms with van der Waals surface area (Å²) in [6.07, 6.45) is 2.75. The Hall–Kier alpha value is -1.55. The number of carbonyl (C=O) groups is 1. The van der Waals surface area contributed by atoms with E-state index in [4.69, 9.17) is 13.7 Å². The number of hydrogen-bond acceptors (Lipinski definition) is 9. The van der Waals surface area contributed by atoms with E-state index >= 15 is 0 Å². The maximum atomic E-state index is 12.5. The van der Waals surface area contributed by atoms with Gasteiger partial charge < -0.3 is 18.6 Å². The van der Waals surface area contributed by atoms with Crippen molar-refractivity contribution in [3.8, 4) is 11.6 Å². The van der Waals surface area contributed by atoms with Gasteiger partial charge in [-0.05, 0) is 12.8 Å². The third kappa shape index (κ3) is 3.81. The number of hydroxylamine groups is 2. The maximum absolute atomic E-state index is 12.5. The maximum Gasteiger partial charge on any atom is 0.418 e. The number of amides is 2. The minimum absolute atomic E-state index is 0. The van der Waals surface area contributed by atoms with Crippen molar-refractivity contribution in [2.75, 3.05) is 13.2 Å². The average molecular weight is 435 g/mol. The molecule has 2 bridgehead atoms. The van der Waals surface area contributed by atoms with E-state index in [9.17, 15) is 13.2 Å². The number of nitrogens with zero attached hydrogens (tertiary/aromatic N) is 6. The van der Waals surface area contributed by atoms with Crippen molar-refractivity contribution in [1.82, 2.24) is 29.7 Å². The van der Waals surface area contributed by atoms with Gasteiger partial charge in [-0.25, -0.2) is 9.78 Å². The van der Waals surface area contributed by atoms with Crippen molar-refractivity contribution in [3.63, 3.8) is 0 Å². The molecule has 29 heavy (non-hydrogen) atoms. The van der Waals surface area contributed by atoms with Gasteiger partial charge >= 0.3 is 16.4 Å². The Kier molecular flexibility index (Phi) is 5.43. The molecule has 1 radical (unpaired) electrons. The van der Waals surface area contributed by atoms with Crippen LogP contribution in [0.3, 0.4) is 0 Å². The van der Waals surface area contributed by atoms with Crippen LogP contribution in [0.4, 0.5) is 4.79 Å². The van der Waals surface area contributed by atoms with E-state index in [0.29, 0.717) is 43.4 Å². The number of urea groups is 1. The van der Waals surface area contributed by atoms with Crippen LogP contribution in [0.25, 0.3) is 11.6 Å². The molecule has 15 heteroatoms. The number of fused-ring (bicyclic) bond motifs is 3. The molecule has 2 aromatic rings. The van der Waals surface area contributed by atoms with Gasteiger partial charge in [-0.3, -0.25) is 4.55 Å². The molecule has 151 valence electrons. The normalized spacial score (nSPS) is 23.8. The van der Waals surface area contributed by atoms with Crippen LogP contribution >= 0.6 is 0 Å². The zero-order valence-electron chi connectivity index (χ0n) is 15.5. The van der Waals surface area contributed by atoms with Gasteiger partial charge in [0.1, 0.15) is 24.2 Å². The average Bonchev–Trinajstić information content (AvgIpc) is 3.35. The summed E-state index contributed by atoms with van der Waals surface area (Å²) in [5, 5.41) is 8.77. The molecule has 2 fully saturated rings. The quantitative estimate of drug-likeness (QED) is 0.503. The zero-order chi connectivity index (χ0) is 19.5. The van der Waals surface area contributed by atoms with Gasteiger partial charge in [0, 0.05) is 48.8 Å². The van der Waals surface area contributed by atoms with Crippen molar-refractivity contribution in [2.45, 2.75) is 38.1 Å². The third-order valence-electron chi connectivity index (χ3n) is 5.01. The van der Waals surface area contributed by atoms with Gasteiger partial charge in [0.25, 0.3) is 5.89 Å². The van der Waals surface area contributed by atoms with E-state index in [0.717, 1.165) is 5.82 Å². The van der Waals surface area contributed by atoms with E-state index in [-0.39, 0.29) is 47.9 Å². The van der Waals surface area contributed by atoms with Crippen molar-refractivity contribution >= 4 is 46.0 Å². The predicted octanol–water partition coefficient (Wildman–Crippen LogP) is -0.242. The Morgan fingerprint density at radius 1 is 1.28 bits per heavy atom. The number of imidazole rings is 1. The van der Waals surface area contributed by atoms with Crippen LogP contribution in [0.15, 0.2) is 10.6 Å². The van der Waals surface area contributed by atoms with Gasteiger partial charge in [0.15, 0.2) is 0 Å². The van der Waals surface area contributed by atoms with E-state index in [1.54, 1.807) is 0 Å². The fourth-order valence-electron chi connectivity index (χ4n) is 3.75. The van der Waals surface area contributed by atoms with Crippen LogP contribution in [-0.2, 0) is 32.6 Å². The Morgan fingerprint density at radius 2 is 2.10 bits per heavy atom. The molecule has 2 saturated heterocycles. The second kappa shape index (κ2) is 7.61. The molecule has 5 heterocycles. The second-order valence-corrected chi connectivity index (χ2v) is 7.75. The molecule has 0 aliphatic carbocycles. The molecular weight excluding hydrogens is 419 g/mol. The van der Waals surface area contributed by atoms with E-state index in [1.807, 2.05) is 10.8 Å². The molecule has 5 rings (SSSR count). The molecule has 0 unspecified atom stereocenters. The van der Waals surface area contributed by atoms with Gasteiger partial charge in [0.05, 0.1) is 12.6 Å². The van der Waals surface area contributed by atoms with Crippen LogP contribution in [0.5, 0.6) is 0 Å². The minimum Gasteiger partial charge on any atom is -0.417 e. The zero-order valence-corrected chi connectivity index (χ0v) is 18.3. The first-order valence-electron chi connectivity index (χ1n) is 8.63. The fourth-order valence-corrected chi connectivity index (χ4v) is 4.14. The Morgan fingerprint density at radius 3 is 2.86 bits per heavy atom. The predicted molar refractivity (Wildman–Crippen MR) is 93.3 cm³/mol. The molecule has 3 aliphatic heterocycles. The van der Waals surface area contributed by atoms with Crippen LogP contribution < -0.4 is 0 Å². The first-order valence-corrected chi connectivity index (χ1v) is 10.00. The number of carbonyl (C=O) groups excluding carboxylic acids is 1. The molecule has 2 amide bonds. The van der Waals surface area contributed by atoms with Crippen molar-refractivity contribution in [3.05, 3.63) is 17.9 Å². The first kappa shape index (κ1) is 20.7. The summed E-state index contributed by atoms with van der Waals surface area (Å²) < 4.78 is 48.3. The smallest absolute Gasteiger partial charge is 0.417 e. The van der Waals surface area contributed by atoms with Gasteiger partial charge in [-0.2, -0.15) is 13.5 Å². The van der Waals surface area contributed by atoms with Crippen LogP contribution in [0.2, 0.25) is 0 Å². The number of hydrogen-bond donors (Lipinski definition) is 1. The largest absolute Gasteiger partial charge is 0.418 e.